The summed E-state index contributed by atoms with van der Waals surface area (Å²) in [4.78, 5) is 11.2. The summed E-state index contributed by atoms with van der Waals surface area (Å²) in [6, 6.07) is 0. The van der Waals surface area contributed by atoms with E-state index in [4.69, 9.17) is 5.11 Å². The molecule has 0 aliphatic heterocycles. The second-order valence-electron chi connectivity index (χ2n) is 5.93. The first-order valence-electron chi connectivity index (χ1n) is 7.35. The van der Waals surface area contributed by atoms with Crippen LogP contribution < -0.4 is 0 Å². The fourth-order valence-corrected chi connectivity index (χ4v) is 4.03. The van der Waals surface area contributed by atoms with Gasteiger partial charge in [-0.15, -0.1) is 25.3 Å². The van der Waals surface area contributed by atoms with Crippen LogP contribution in [0.5, 0.6) is 0 Å². The Labute approximate surface area is 132 Å². The molecular weight excluding hydrogens is 292 g/mol. The Bertz CT molecular complexity index is 404. The first-order chi connectivity index (χ1) is 9.28. The molecule has 5 heteroatoms. The third-order valence-electron chi connectivity index (χ3n) is 4.87. The molecule has 0 aromatic carbocycles. The number of thiol groups is 2. The third kappa shape index (κ3) is 3.37. The summed E-state index contributed by atoms with van der Waals surface area (Å²) in [7, 11) is 0. The second-order valence-corrected chi connectivity index (χ2v) is 7.18. The van der Waals surface area contributed by atoms with Gasteiger partial charge in [-0.1, -0.05) is 20.8 Å². The summed E-state index contributed by atoms with van der Waals surface area (Å²) >= 11 is 8.66. The van der Waals surface area contributed by atoms with Crippen molar-refractivity contribution in [3.63, 3.8) is 0 Å². The molecule has 0 saturated heterocycles. The molecule has 0 heterocycles. The Morgan fingerprint density at radius 1 is 1.20 bits per heavy atom. The zero-order chi connectivity index (χ0) is 15.6. The maximum atomic E-state index is 11.2. The molecule has 0 aromatic heterocycles. The summed E-state index contributed by atoms with van der Waals surface area (Å²) < 4.78 is 0.768. The molecule has 2 rings (SSSR count). The average molecular weight is 319 g/mol. The number of hydrogen-bond acceptors (Lipinski definition) is 4. The molecule has 2 aliphatic carbocycles. The fraction of sp³-hybridized carbons (Fsp3) is 0.800. The van der Waals surface area contributed by atoms with Crippen molar-refractivity contribution in [2.45, 2.75) is 64.9 Å². The number of aliphatic carboxylic acids is 1. The van der Waals surface area contributed by atoms with E-state index in [0.717, 1.165) is 23.5 Å². The normalized spacial score (nSPS) is 36.5. The summed E-state index contributed by atoms with van der Waals surface area (Å²) in [6.07, 6.45) is 4.15. The number of carbonyl (C=O) groups is 1. The van der Waals surface area contributed by atoms with Crippen molar-refractivity contribution < 1.29 is 15.0 Å². The molecule has 2 saturated carbocycles. The van der Waals surface area contributed by atoms with Crippen LogP contribution in [0.15, 0.2) is 9.81 Å². The van der Waals surface area contributed by atoms with Crippen LogP contribution in [0.3, 0.4) is 0 Å². The molecule has 0 spiro atoms. The van der Waals surface area contributed by atoms with E-state index < -0.39 is 11.6 Å². The minimum atomic E-state index is -1.55. The van der Waals surface area contributed by atoms with Gasteiger partial charge in [0.25, 0.3) is 0 Å². The predicted octanol–water partition coefficient (Wildman–Crippen LogP) is 3.89. The minimum absolute atomic E-state index is 0.0893. The lowest BCUT2D eigenvalue weighted by Crippen LogP contribution is -2.38. The molecule has 2 N–H and O–H groups in total. The van der Waals surface area contributed by atoms with Crippen molar-refractivity contribution in [1.82, 2.24) is 0 Å². The molecule has 2 unspecified atom stereocenters. The summed E-state index contributed by atoms with van der Waals surface area (Å²) in [5, 5.41) is 19.3. The van der Waals surface area contributed by atoms with Crippen LogP contribution in [0.4, 0.5) is 0 Å². The van der Waals surface area contributed by atoms with E-state index in [0.29, 0.717) is 25.2 Å². The van der Waals surface area contributed by atoms with Crippen molar-refractivity contribution in [3.05, 3.63) is 9.81 Å². The van der Waals surface area contributed by atoms with E-state index in [9.17, 15) is 9.90 Å². The van der Waals surface area contributed by atoms with Gasteiger partial charge in [-0.05, 0) is 55.4 Å². The second kappa shape index (κ2) is 6.75. The molecule has 3 atom stereocenters. The first-order valence-corrected chi connectivity index (χ1v) is 8.25. The van der Waals surface area contributed by atoms with Gasteiger partial charge in [-0.3, -0.25) is 0 Å². The Balaban J connectivity index is 0.000000956. The smallest absolute Gasteiger partial charge is 0.335 e. The van der Waals surface area contributed by atoms with E-state index >= 15 is 0 Å². The molecule has 2 aliphatic rings. The number of carboxylic acids is 1. The average Bonchev–Trinajstić information content (AvgIpc) is 2.67. The maximum Gasteiger partial charge on any atom is 0.335 e. The van der Waals surface area contributed by atoms with E-state index in [1.54, 1.807) is 0 Å². The standard InChI is InChI=1S/C13H20O3S2.C2H6/c1-12-4-2-8(10(17)18)9(12)3-5-13(16,7-6-12)11(14)15;1-2/h9,16-18H,2-7H2,1H3,(H,14,15);1-2H3/t9?,12?,13-;/m1./s1. The Morgan fingerprint density at radius 2 is 1.80 bits per heavy atom. The van der Waals surface area contributed by atoms with E-state index in [-0.39, 0.29) is 5.41 Å². The summed E-state index contributed by atoms with van der Waals surface area (Å²) in [6.45, 7) is 6.20. The number of carboxylic acid groups (broad SMARTS) is 1. The van der Waals surface area contributed by atoms with Crippen molar-refractivity contribution >= 4 is 31.2 Å². The van der Waals surface area contributed by atoms with Crippen molar-refractivity contribution in [1.29, 1.82) is 0 Å². The molecular formula is C15H26O3S2. The van der Waals surface area contributed by atoms with E-state index in [1.165, 1.54) is 5.57 Å². The zero-order valence-corrected chi connectivity index (χ0v) is 14.3. The minimum Gasteiger partial charge on any atom is -0.479 e. The maximum absolute atomic E-state index is 11.2. The van der Waals surface area contributed by atoms with Crippen LogP contribution in [0, 0.1) is 11.3 Å². The van der Waals surface area contributed by atoms with E-state index in [1.807, 2.05) is 13.8 Å². The highest BCUT2D eigenvalue weighted by Gasteiger charge is 2.49. The lowest BCUT2D eigenvalue weighted by Gasteiger charge is -2.30. The molecule has 20 heavy (non-hydrogen) atoms. The van der Waals surface area contributed by atoms with Crippen molar-refractivity contribution in [2.24, 2.45) is 11.3 Å². The molecule has 0 radical (unpaired) electrons. The number of aliphatic hydroxyl groups is 1. The largest absolute Gasteiger partial charge is 0.479 e. The van der Waals surface area contributed by atoms with Crippen LogP contribution in [0.25, 0.3) is 0 Å². The SMILES string of the molecule is CC.CC12CCC(=C(S)S)C1CC[C@](O)(C(=O)O)CC2. The van der Waals surface area contributed by atoms with Gasteiger partial charge in [0.05, 0.1) is 0 Å². The zero-order valence-electron chi connectivity index (χ0n) is 12.5. The lowest BCUT2D eigenvalue weighted by atomic mass is 9.75. The third-order valence-corrected chi connectivity index (χ3v) is 5.44. The van der Waals surface area contributed by atoms with Crippen LogP contribution in [0.1, 0.15) is 59.3 Å². The van der Waals surface area contributed by atoms with Gasteiger partial charge in [0.1, 0.15) is 0 Å². The monoisotopic (exact) mass is 318 g/mol. The van der Waals surface area contributed by atoms with Crippen LogP contribution in [-0.4, -0.2) is 21.8 Å². The van der Waals surface area contributed by atoms with Gasteiger partial charge in [0.2, 0.25) is 0 Å². The van der Waals surface area contributed by atoms with Gasteiger partial charge in [-0.25, -0.2) is 4.79 Å². The molecule has 0 amide bonds. The Morgan fingerprint density at radius 3 is 2.30 bits per heavy atom. The predicted molar refractivity (Wildman–Crippen MR) is 88.2 cm³/mol. The highest BCUT2D eigenvalue weighted by molar-refractivity contribution is 8.05. The van der Waals surface area contributed by atoms with Gasteiger partial charge < -0.3 is 10.2 Å². The first kappa shape index (κ1) is 17.9. The number of hydrogen-bond donors (Lipinski definition) is 4. The van der Waals surface area contributed by atoms with Gasteiger partial charge in [0, 0.05) is 4.24 Å². The number of rotatable bonds is 1. The molecule has 0 bridgehead atoms. The highest BCUT2D eigenvalue weighted by Crippen LogP contribution is 2.56. The molecule has 116 valence electrons. The molecule has 0 aromatic rings. The lowest BCUT2D eigenvalue weighted by molar-refractivity contribution is -0.160. The summed E-state index contributed by atoms with van der Waals surface area (Å²) in [5.41, 5.74) is -0.226. The van der Waals surface area contributed by atoms with Crippen molar-refractivity contribution in [3.8, 4) is 0 Å². The van der Waals surface area contributed by atoms with Crippen LogP contribution in [0.2, 0.25) is 0 Å². The highest BCUT2D eigenvalue weighted by atomic mass is 32.2. The summed E-state index contributed by atoms with van der Waals surface area (Å²) in [5.74, 6) is -0.774. The number of allylic oxidation sites excluding steroid dienone is 1. The van der Waals surface area contributed by atoms with Crippen LogP contribution >= 0.6 is 25.3 Å². The van der Waals surface area contributed by atoms with Gasteiger partial charge in [-0.2, -0.15) is 0 Å². The van der Waals surface area contributed by atoms with Crippen LogP contribution in [-0.2, 0) is 4.79 Å². The number of fused-ring (bicyclic) bond motifs is 1. The van der Waals surface area contributed by atoms with Gasteiger partial charge in [0.15, 0.2) is 5.60 Å². The van der Waals surface area contributed by atoms with Gasteiger partial charge >= 0.3 is 5.97 Å². The Kier molecular flexibility index (Phi) is 6.05. The molecule has 2 fully saturated rings. The Hall–Kier alpha value is -0.130. The quantitative estimate of drug-likeness (QED) is 0.555. The van der Waals surface area contributed by atoms with Crippen molar-refractivity contribution in [2.75, 3.05) is 0 Å². The fourth-order valence-electron chi connectivity index (χ4n) is 3.49. The van der Waals surface area contributed by atoms with E-state index in [2.05, 4.69) is 32.2 Å². The molecule has 3 nitrogen and oxygen atoms in total. The topological polar surface area (TPSA) is 57.5 Å².